The van der Waals surface area contributed by atoms with Gasteiger partial charge in [-0.2, -0.15) is 4.98 Å². The summed E-state index contributed by atoms with van der Waals surface area (Å²) in [6, 6.07) is 5.07. The Morgan fingerprint density at radius 3 is 2.64 bits per heavy atom. The number of anilines is 4. The molecule has 2 aromatic rings. The first-order valence-electron chi connectivity index (χ1n) is 10.2. The maximum atomic E-state index is 12.4. The molecule has 3 heterocycles. The highest BCUT2D eigenvalue weighted by Crippen LogP contribution is 2.32. The van der Waals surface area contributed by atoms with Crippen molar-refractivity contribution in [3.05, 3.63) is 40.2 Å². The Balaban J connectivity index is 1.45. The number of nitrogens with two attached hydrogens (primary N) is 1. The quantitative estimate of drug-likeness (QED) is 0.328. The van der Waals surface area contributed by atoms with Gasteiger partial charge in [0.25, 0.3) is 11.5 Å². The number of aromatic amines is 1. The van der Waals surface area contributed by atoms with Crippen molar-refractivity contribution < 1.29 is 24.6 Å². The number of carbonyl (C=O) groups excluding carboxylic acids is 3. The second-order valence-corrected chi connectivity index (χ2v) is 7.82. The molecule has 2 atom stereocenters. The molecule has 1 fully saturated rings. The first kappa shape index (κ1) is 21.9. The third kappa shape index (κ3) is 4.51. The maximum absolute atomic E-state index is 12.4. The second-order valence-electron chi connectivity index (χ2n) is 7.82. The predicted molar refractivity (Wildman–Crippen MR) is 113 cm³/mol. The molecule has 2 aliphatic heterocycles. The van der Waals surface area contributed by atoms with Gasteiger partial charge in [0.1, 0.15) is 5.69 Å². The summed E-state index contributed by atoms with van der Waals surface area (Å²) in [6.45, 7) is 1.63. The lowest BCUT2D eigenvalue weighted by Gasteiger charge is -2.31. The number of nitrogens with one attached hydrogen (secondary N) is 3. The van der Waals surface area contributed by atoms with Gasteiger partial charge in [0.15, 0.2) is 5.82 Å². The van der Waals surface area contributed by atoms with Crippen LogP contribution in [-0.4, -0.2) is 59.7 Å². The third-order valence-corrected chi connectivity index (χ3v) is 5.62. The molecule has 1 saturated heterocycles. The van der Waals surface area contributed by atoms with E-state index in [9.17, 15) is 29.4 Å². The Bertz CT molecular complexity index is 1150. The number of hydrogen-bond donors (Lipinski definition) is 4. The topological polar surface area (TPSA) is 200 Å². The van der Waals surface area contributed by atoms with Crippen LogP contribution in [0.3, 0.4) is 0 Å². The largest absolute Gasteiger partial charge is 0.550 e. The minimum Gasteiger partial charge on any atom is -0.550 e. The molecule has 174 valence electrons. The predicted octanol–water partition coefficient (Wildman–Crippen LogP) is -3.19. The molecule has 1 aromatic carbocycles. The van der Waals surface area contributed by atoms with Gasteiger partial charge in [-0.15, -0.1) is 0 Å². The van der Waals surface area contributed by atoms with Crippen molar-refractivity contribution >= 4 is 41.0 Å². The van der Waals surface area contributed by atoms with Crippen molar-refractivity contribution in [3.63, 3.8) is 0 Å². The Kier molecular flexibility index (Phi) is 5.77. The highest BCUT2D eigenvalue weighted by Gasteiger charge is 2.37. The first-order chi connectivity index (χ1) is 15.7. The normalized spacial score (nSPS) is 17.5. The van der Waals surface area contributed by atoms with Gasteiger partial charge in [-0.1, -0.05) is 0 Å². The lowest BCUT2D eigenvalue weighted by Crippen LogP contribution is -2.48. The molecule has 1 amide bonds. The van der Waals surface area contributed by atoms with Crippen LogP contribution < -0.4 is 41.9 Å². The van der Waals surface area contributed by atoms with Crippen molar-refractivity contribution in [2.45, 2.75) is 24.9 Å². The fourth-order valence-corrected chi connectivity index (χ4v) is 3.99. The number of nitrogen functional groups attached to an aromatic ring is 1. The number of benzene rings is 1. The van der Waals surface area contributed by atoms with Gasteiger partial charge in [-0.05, 0) is 37.1 Å². The fraction of sp³-hybridized carbons (Fsp3) is 0.350. The summed E-state index contributed by atoms with van der Waals surface area (Å²) >= 11 is 0. The lowest BCUT2D eigenvalue weighted by molar-refractivity contribution is -0.309. The molecule has 0 saturated carbocycles. The van der Waals surface area contributed by atoms with Gasteiger partial charge in [0.2, 0.25) is 5.95 Å². The monoisotopic (exact) mass is 455 g/mol. The molecule has 5 N–H and O–H groups in total. The van der Waals surface area contributed by atoms with E-state index in [-0.39, 0.29) is 29.5 Å². The van der Waals surface area contributed by atoms with E-state index < -0.39 is 30.3 Å². The number of aromatic nitrogens is 2. The van der Waals surface area contributed by atoms with Crippen LogP contribution in [0.4, 0.5) is 23.1 Å². The number of carboxylic acids is 2. The third-order valence-electron chi connectivity index (χ3n) is 5.62. The Hall–Kier alpha value is -4.29. The molecule has 13 nitrogen and oxygen atoms in total. The van der Waals surface area contributed by atoms with Gasteiger partial charge in [0, 0.05) is 30.3 Å². The van der Waals surface area contributed by atoms with Crippen molar-refractivity contribution in [2.75, 3.05) is 40.6 Å². The molecule has 0 aliphatic carbocycles. The molecule has 2 aliphatic rings. The van der Waals surface area contributed by atoms with E-state index >= 15 is 0 Å². The lowest BCUT2D eigenvalue weighted by atomic mass is 10.1. The molecule has 1 aromatic heterocycles. The number of H-pyrrole nitrogens is 1. The summed E-state index contributed by atoms with van der Waals surface area (Å²) in [5, 5.41) is 27.1. The van der Waals surface area contributed by atoms with Crippen molar-refractivity contribution in [1.29, 1.82) is 0 Å². The molecule has 0 spiro atoms. The molecular weight excluding hydrogens is 434 g/mol. The average Bonchev–Trinajstić information content (AvgIpc) is 3.20. The number of nitrogens with zero attached hydrogens (tertiary/aromatic N) is 3. The zero-order valence-electron chi connectivity index (χ0n) is 17.4. The minimum absolute atomic E-state index is 0.0274. The number of rotatable bonds is 7. The molecular formula is C20H21N7O6-2. The SMILES string of the molecule is Nc1nc2c(c(=O)[nH]1)N1CN(c3ccc(C(=O)N[C@@H](CCC(=O)[O-])C(=O)[O-])cc3)C[C@H]1CN2. The summed E-state index contributed by atoms with van der Waals surface area (Å²) in [6.07, 6.45) is -0.859. The summed E-state index contributed by atoms with van der Waals surface area (Å²) in [4.78, 5) is 57.2. The van der Waals surface area contributed by atoms with Crippen LogP contribution >= 0.6 is 0 Å². The van der Waals surface area contributed by atoms with Crippen LogP contribution in [-0.2, 0) is 9.59 Å². The van der Waals surface area contributed by atoms with Crippen LogP contribution in [0.25, 0.3) is 0 Å². The number of carbonyl (C=O) groups is 3. The standard InChI is InChI=1S/C20H23N7O6/c21-20-24-16-15(18(31)25-20)27-9-26(8-12(27)7-22-16)11-3-1-10(2-4-11)17(30)23-13(19(32)33)5-6-14(28)29/h1-4,12-13H,5-9H2,(H,23,30)(H,28,29)(H,32,33)(H4,21,22,24,25,31)/p-2/t12-,13+/m1/s1. The van der Waals surface area contributed by atoms with E-state index in [1.807, 2.05) is 9.80 Å². The number of aliphatic carboxylic acids is 2. The zero-order chi connectivity index (χ0) is 23.7. The van der Waals surface area contributed by atoms with Crippen molar-refractivity contribution in [2.24, 2.45) is 0 Å². The number of amides is 1. The second kappa shape index (κ2) is 8.68. The van der Waals surface area contributed by atoms with E-state index in [1.54, 1.807) is 12.1 Å². The van der Waals surface area contributed by atoms with Crippen molar-refractivity contribution in [3.8, 4) is 0 Å². The highest BCUT2D eigenvalue weighted by molar-refractivity contribution is 5.96. The molecule has 33 heavy (non-hydrogen) atoms. The number of fused-ring (bicyclic) bond motifs is 3. The summed E-state index contributed by atoms with van der Waals surface area (Å²) in [5.41, 5.74) is 6.72. The van der Waals surface area contributed by atoms with E-state index in [4.69, 9.17) is 5.73 Å². The Morgan fingerprint density at radius 2 is 1.97 bits per heavy atom. The van der Waals surface area contributed by atoms with Crippen LogP contribution in [0.15, 0.2) is 29.1 Å². The summed E-state index contributed by atoms with van der Waals surface area (Å²) in [7, 11) is 0. The molecule has 4 rings (SSSR count). The summed E-state index contributed by atoms with van der Waals surface area (Å²) < 4.78 is 0. The number of carboxylic acid groups (broad SMARTS) is 2. The minimum atomic E-state index is -1.57. The first-order valence-corrected chi connectivity index (χ1v) is 10.2. The number of hydrogen-bond acceptors (Lipinski definition) is 11. The fourth-order valence-electron chi connectivity index (χ4n) is 3.99. The zero-order valence-corrected chi connectivity index (χ0v) is 17.4. The van der Waals surface area contributed by atoms with E-state index in [0.717, 1.165) is 5.69 Å². The van der Waals surface area contributed by atoms with Crippen LogP contribution in [0.1, 0.15) is 23.2 Å². The maximum Gasteiger partial charge on any atom is 0.278 e. The summed E-state index contributed by atoms with van der Waals surface area (Å²) in [5.74, 6) is -3.19. The van der Waals surface area contributed by atoms with Gasteiger partial charge in [0.05, 0.1) is 24.7 Å². The van der Waals surface area contributed by atoms with Crippen LogP contribution in [0.2, 0.25) is 0 Å². The molecule has 0 bridgehead atoms. The van der Waals surface area contributed by atoms with Gasteiger partial charge < -0.3 is 46.0 Å². The molecule has 13 heteroatoms. The van der Waals surface area contributed by atoms with Gasteiger partial charge in [-0.3, -0.25) is 14.6 Å². The molecule has 0 unspecified atom stereocenters. The van der Waals surface area contributed by atoms with E-state index in [0.29, 0.717) is 31.3 Å². The Morgan fingerprint density at radius 1 is 1.24 bits per heavy atom. The molecule has 0 radical (unpaired) electrons. The van der Waals surface area contributed by atoms with E-state index in [1.165, 1.54) is 12.1 Å². The van der Waals surface area contributed by atoms with Crippen LogP contribution in [0.5, 0.6) is 0 Å². The Labute approximate surface area is 187 Å². The smallest absolute Gasteiger partial charge is 0.278 e. The van der Waals surface area contributed by atoms with Gasteiger partial charge in [-0.25, -0.2) is 0 Å². The average molecular weight is 455 g/mol. The van der Waals surface area contributed by atoms with Gasteiger partial charge >= 0.3 is 0 Å². The van der Waals surface area contributed by atoms with Crippen LogP contribution in [0, 0.1) is 0 Å². The van der Waals surface area contributed by atoms with Crippen molar-refractivity contribution in [1.82, 2.24) is 15.3 Å². The van der Waals surface area contributed by atoms with E-state index in [2.05, 4.69) is 20.6 Å². The highest BCUT2D eigenvalue weighted by atomic mass is 16.4.